The zero-order valence-electron chi connectivity index (χ0n) is 15.1. The smallest absolute Gasteiger partial charge is 0.417 e. The van der Waals surface area contributed by atoms with Gasteiger partial charge in [0.1, 0.15) is 5.75 Å². The minimum atomic E-state index is -4.49. The zero-order chi connectivity index (χ0) is 21.9. The number of aromatic nitrogens is 1. The van der Waals surface area contributed by atoms with Gasteiger partial charge >= 0.3 is 6.18 Å². The molecule has 0 atom stereocenters. The third kappa shape index (κ3) is 5.33. The number of hydrogen-bond acceptors (Lipinski definition) is 5. The molecule has 0 spiro atoms. The van der Waals surface area contributed by atoms with Crippen molar-refractivity contribution in [2.75, 3.05) is 5.32 Å². The van der Waals surface area contributed by atoms with E-state index < -0.39 is 27.7 Å². The van der Waals surface area contributed by atoms with E-state index in [0.29, 0.717) is 6.20 Å². The van der Waals surface area contributed by atoms with Crippen LogP contribution in [-0.2, 0) is 16.2 Å². The molecule has 156 valence electrons. The standard InChI is InChI=1S/C19H14F3N3O4S/c20-19(21,22)13-6-9-17(24-11-13)29-15-7-4-12(5-8-15)18(26)25-14-2-1-3-16(10-14)30(23,27)28/h1-11H,(H,25,26)(H2,23,27,28). The largest absolute Gasteiger partial charge is 0.439 e. The van der Waals surface area contributed by atoms with E-state index in [2.05, 4.69) is 10.3 Å². The van der Waals surface area contributed by atoms with Crippen LogP contribution in [0.5, 0.6) is 11.6 Å². The molecule has 11 heteroatoms. The van der Waals surface area contributed by atoms with E-state index in [4.69, 9.17) is 9.88 Å². The molecule has 0 saturated carbocycles. The van der Waals surface area contributed by atoms with Crippen LogP contribution in [0, 0.1) is 0 Å². The van der Waals surface area contributed by atoms with Gasteiger partial charge in [-0.05, 0) is 48.5 Å². The Hall–Kier alpha value is -3.44. The van der Waals surface area contributed by atoms with Gasteiger partial charge in [0.25, 0.3) is 5.91 Å². The quantitative estimate of drug-likeness (QED) is 0.631. The van der Waals surface area contributed by atoms with Crippen molar-refractivity contribution in [3.05, 3.63) is 78.0 Å². The SMILES string of the molecule is NS(=O)(=O)c1cccc(NC(=O)c2ccc(Oc3ccc(C(F)(F)F)cn3)cc2)c1. The number of amides is 1. The van der Waals surface area contributed by atoms with Crippen molar-refractivity contribution in [1.29, 1.82) is 0 Å². The second-order valence-electron chi connectivity index (χ2n) is 6.04. The molecule has 0 aliphatic rings. The lowest BCUT2D eigenvalue weighted by Crippen LogP contribution is -2.14. The molecule has 1 amide bonds. The van der Waals surface area contributed by atoms with Crippen molar-refractivity contribution < 1.29 is 31.1 Å². The second kappa shape index (κ2) is 8.13. The average molecular weight is 437 g/mol. The maximum absolute atomic E-state index is 12.5. The summed E-state index contributed by atoms with van der Waals surface area (Å²) in [7, 11) is -3.91. The predicted octanol–water partition coefficient (Wildman–Crippen LogP) is 3.79. The lowest BCUT2D eigenvalue weighted by Gasteiger charge is -2.09. The number of nitrogens with one attached hydrogen (secondary N) is 1. The topological polar surface area (TPSA) is 111 Å². The van der Waals surface area contributed by atoms with E-state index in [9.17, 15) is 26.4 Å². The fourth-order valence-electron chi connectivity index (χ4n) is 2.36. The number of hydrogen-bond donors (Lipinski definition) is 2. The Kier molecular flexibility index (Phi) is 5.76. The summed E-state index contributed by atoms with van der Waals surface area (Å²) in [6.07, 6.45) is -3.83. The van der Waals surface area contributed by atoms with E-state index >= 15 is 0 Å². The van der Waals surface area contributed by atoms with Crippen molar-refractivity contribution >= 4 is 21.6 Å². The van der Waals surface area contributed by atoms with Crippen LogP contribution >= 0.6 is 0 Å². The molecular weight excluding hydrogens is 423 g/mol. The minimum Gasteiger partial charge on any atom is -0.439 e. The van der Waals surface area contributed by atoms with Crippen LogP contribution in [0.2, 0.25) is 0 Å². The molecule has 0 aliphatic carbocycles. The van der Waals surface area contributed by atoms with E-state index in [1.54, 1.807) is 0 Å². The van der Waals surface area contributed by atoms with Gasteiger partial charge < -0.3 is 10.1 Å². The molecule has 3 aromatic rings. The summed E-state index contributed by atoms with van der Waals surface area (Å²) in [4.78, 5) is 15.8. The molecule has 2 aromatic carbocycles. The van der Waals surface area contributed by atoms with Gasteiger partial charge in [-0.15, -0.1) is 0 Å². The first kappa shape index (κ1) is 21.3. The summed E-state index contributed by atoms with van der Waals surface area (Å²) >= 11 is 0. The summed E-state index contributed by atoms with van der Waals surface area (Å²) in [5, 5.41) is 7.60. The number of ether oxygens (including phenoxy) is 1. The molecule has 0 fully saturated rings. The first-order chi connectivity index (χ1) is 14.0. The maximum atomic E-state index is 12.5. The summed E-state index contributed by atoms with van der Waals surface area (Å²) in [6.45, 7) is 0. The Bertz CT molecular complexity index is 1160. The fourth-order valence-corrected chi connectivity index (χ4v) is 2.92. The second-order valence-corrected chi connectivity index (χ2v) is 7.60. The molecular formula is C19H14F3N3O4S. The third-order valence-electron chi connectivity index (χ3n) is 3.82. The van der Waals surface area contributed by atoms with Crippen LogP contribution in [-0.4, -0.2) is 19.3 Å². The Morgan fingerprint density at radius 2 is 1.73 bits per heavy atom. The molecule has 7 nitrogen and oxygen atoms in total. The zero-order valence-corrected chi connectivity index (χ0v) is 15.9. The Morgan fingerprint density at radius 3 is 2.30 bits per heavy atom. The minimum absolute atomic E-state index is 0.0417. The van der Waals surface area contributed by atoms with Crippen LogP contribution in [0.15, 0.2) is 71.8 Å². The van der Waals surface area contributed by atoms with Gasteiger partial charge in [0.2, 0.25) is 15.9 Å². The predicted molar refractivity (Wildman–Crippen MR) is 102 cm³/mol. The van der Waals surface area contributed by atoms with Crippen molar-refractivity contribution in [1.82, 2.24) is 4.98 Å². The molecule has 0 saturated heterocycles. The van der Waals surface area contributed by atoms with Crippen LogP contribution < -0.4 is 15.2 Å². The van der Waals surface area contributed by atoms with Crippen molar-refractivity contribution in [3.63, 3.8) is 0 Å². The first-order valence-electron chi connectivity index (χ1n) is 8.28. The average Bonchev–Trinajstić information content (AvgIpc) is 2.68. The monoisotopic (exact) mass is 437 g/mol. The van der Waals surface area contributed by atoms with Crippen LogP contribution in [0.4, 0.5) is 18.9 Å². The van der Waals surface area contributed by atoms with Gasteiger partial charge in [-0.25, -0.2) is 18.5 Å². The fraction of sp³-hybridized carbons (Fsp3) is 0.0526. The van der Waals surface area contributed by atoms with Gasteiger partial charge in [-0.1, -0.05) is 6.07 Å². The summed E-state index contributed by atoms with van der Waals surface area (Å²) in [5.41, 5.74) is -0.419. The molecule has 0 aliphatic heterocycles. The number of nitrogens with two attached hydrogens (primary N) is 1. The number of pyridine rings is 1. The Labute approximate surface area is 169 Å². The number of anilines is 1. The molecule has 3 rings (SSSR count). The summed E-state index contributed by atoms with van der Waals surface area (Å²) < 4.78 is 65.8. The molecule has 1 heterocycles. The maximum Gasteiger partial charge on any atom is 0.417 e. The molecule has 1 aromatic heterocycles. The molecule has 0 unspecified atom stereocenters. The van der Waals surface area contributed by atoms with Gasteiger partial charge in [-0.3, -0.25) is 4.79 Å². The highest BCUT2D eigenvalue weighted by Crippen LogP contribution is 2.30. The van der Waals surface area contributed by atoms with Crippen molar-refractivity contribution in [2.24, 2.45) is 5.14 Å². The number of halogens is 3. The Morgan fingerprint density at radius 1 is 1.03 bits per heavy atom. The summed E-state index contributed by atoms with van der Waals surface area (Å²) in [5.74, 6) is -0.296. The first-order valence-corrected chi connectivity index (χ1v) is 9.82. The van der Waals surface area contributed by atoms with E-state index in [0.717, 1.165) is 12.1 Å². The number of carbonyl (C=O) groups is 1. The van der Waals surface area contributed by atoms with Gasteiger partial charge in [-0.2, -0.15) is 13.2 Å². The van der Waals surface area contributed by atoms with Crippen LogP contribution in [0.1, 0.15) is 15.9 Å². The Balaban J connectivity index is 1.67. The molecule has 30 heavy (non-hydrogen) atoms. The van der Waals surface area contributed by atoms with Gasteiger partial charge in [0.05, 0.1) is 10.5 Å². The number of primary sulfonamides is 1. The van der Waals surface area contributed by atoms with Crippen molar-refractivity contribution in [2.45, 2.75) is 11.1 Å². The molecule has 0 radical (unpaired) electrons. The normalized spacial score (nSPS) is 11.7. The number of sulfonamides is 1. The van der Waals surface area contributed by atoms with E-state index in [1.165, 1.54) is 48.5 Å². The van der Waals surface area contributed by atoms with Gasteiger partial charge in [0, 0.05) is 23.5 Å². The van der Waals surface area contributed by atoms with Crippen LogP contribution in [0.3, 0.4) is 0 Å². The van der Waals surface area contributed by atoms with Gasteiger partial charge in [0.15, 0.2) is 0 Å². The number of benzene rings is 2. The van der Waals surface area contributed by atoms with E-state index in [-0.39, 0.29) is 27.8 Å². The lowest BCUT2D eigenvalue weighted by molar-refractivity contribution is -0.137. The number of carbonyl (C=O) groups excluding carboxylic acids is 1. The number of alkyl halides is 3. The number of nitrogens with zero attached hydrogens (tertiary/aromatic N) is 1. The van der Waals surface area contributed by atoms with Crippen molar-refractivity contribution in [3.8, 4) is 11.6 Å². The molecule has 0 bridgehead atoms. The van der Waals surface area contributed by atoms with Crippen LogP contribution in [0.25, 0.3) is 0 Å². The molecule has 3 N–H and O–H groups in total. The highest BCUT2D eigenvalue weighted by atomic mass is 32.2. The summed E-state index contributed by atoms with van der Waals surface area (Å²) in [6, 6.07) is 13.1. The number of rotatable bonds is 5. The highest BCUT2D eigenvalue weighted by Gasteiger charge is 2.30. The lowest BCUT2D eigenvalue weighted by atomic mass is 10.2. The van der Waals surface area contributed by atoms with E-state index in [1.807, 2.05) is 0 Å². The highest BCUT2D eigenvalue weighted by molar-refractivity contribution is 7.89. The third-order valence-corrected chi connectivity index (χ3v) is 4.73.